The highest BCUT2D eigenvalue weighted by Crippen LogP contribution is 2.24. The predicted molar refractivity (Wildman–Crippen MR) is 137 cm³/mol. The molecule has 0 bridgehead atoms. The second kappa shape index (κ2) is 13.0. The molecule has 2 aromatic carbocycles. The highest BCUT2D eigenvalue weighted by molar-refractivity contribution is 6.30. The van der Waals surface area contributed by atoms with Gasteiger partial charge < -0.3 is 15.4 Å². The zero-order valence-corrected chi connectivity index (χ0v) is 21.6. The Bertz CT molecular complexity index is 1080. The fourth-order valence-electron chi connectivity index (χ4n) is 3.48. The van der Waals surface area contributed by atoms with Gasteiger partial charge in [0.1, 0.15) is 11.6 Å². The maximum atomic E-state index is 13.0. The van der Waals surface area contributed by atoms with Crippen molar-refractivity contribution in [1.82, 2.24) is 10.6 Å². The third kappa shape index (κ3) is 9.65. The van der Waals surface area contributed by atoms with E-state index in [2.05, 4.69) is 10.6 Å². The van der Waals surface area contributed by atoms with Crippen molar-refractivity contribution in [3.05, 3.63) is 74.8 Å². The van der Waals surface area contributed by atoms with Crippen LogP contribution in [0.3, 0.4) is 0 Å². The smallest absolute Gasteiger partial charge is 0.408 e. The molecule has 0 aliphatic heterocycles. The number of carbonyl (C=O) groups excluding carboxylic acids is 3. The summed E-state index contributed by atoms with van der Waals surface area (Å²) in [4.78, 5) is 48.8. The first-order valence-electron chi connectivity index (χ1n) is 11.6. The largest absolute Gasteiger partial charge is 0.444 e. The Morgan fingerprint density at radius 2 is 1.72 bits per heavy atom. The minimum atomic E-state index is -0.927. The number of nitro groups is 1. The summed E-state index contributed by atoms with van der Waals surface area (Å²) in [5.41, 5.74) is 0.475. The number of nitrogens with one attached hydrogen (secondary N) is 2. The summed E-state index contributed by atoms with van der Waals surface area (Å²) in [6.45, 7) is 6.69. The van der Waals surface area contributed by atoms with Gasteiger partial charge in [0.05, 0.1) is 11.0 Å². The van der Waals surface area contributed by atoms with Gasteiger partial charge in [0.15, 0.2) is 5.78 Å². The molecule has 2 amide bonds. The van der Waals surface area contributed by atoms with Gasteiger partial charge in [0.2, 0.25) is 5.91 Å². The fraction of sp³-hybridized carbons (Fsp3) is 0.423. The quantitative estimate of drug-likeness (QED) is 0.326. The average Bonchev–Trinajstić information content (AvgIpc) is 2.79. The van der Waals surface area contributed by atoms with Gasteiger partial charge in [-0.3, -0.25) is 19.7 Å². The number of alkyl carbamates (subject to hydrolysis) is 1. The second-order valence-corrected chi connectivity index (χ2v) is 9.89. The molecule has 0 saturated heterocycles. The van der Waals surface area contributed by atoms with Crippen LogP contribution in [-0.4, -0.2) is 40.4 Å². The molecule has 0 aliphatic carbocycles. The number of hydrogen-bond donors (Lipinski definition) is 2. The van der Waals surface area contributed by atoms with Crippen LogP contribution in [0.5, 0.6) is 0 Å². The lowest BCUT2D eigenvalue weighted by Crippen LogP contribution is -2.51. The van der Waals surface area contributed by atoms with Crippen LogP contribution in [0.2, 0.25) is 5.02 Å². The van der Waals surface area contributed by atoms with Crippen molar-refractivity contribution in [2.45, 2.75) is 71.1 Å². The third-order valence-electron chi connectivity index (χ3n) is 5.29. The van der Waals surface area contributed by atoms with Gasteiger partial charge in [-0.05, 0) is 64.7 Å². The van der Waals surface area contributed by atoms with Crippen molar-refractivity contribution in [3.8, 4) is 0 Å². The first-order chi connectivity index (χ1) is 16.9. The summed E-state index contributed by atoms with van der Waals surface area (Å²) in [6, 6.07) is 11.9. The van der Waals surface area contributed by atoms with Gasteiger partial charge in [-0.25, -0.2) is 4.79 Å². The highest BCUT2D eigenvalue weighted by atomic mass is 35.5. The maximum absolute atomic E-state index is 13.0. The van der Waals surface area contributed by atoms with Crippen LogP contribution < -0.4 is 10.6 Å². The molecule has 9 nitrogen and oxygen atoms in total. The van der Waals surface area contributed by atoms with Crippen LogP contribution in [-0.2, 0) is 27.2 Å². The summed E-state index contributed by atoms with van der Waals surface area (Å²) in [5.74, 6) is -0.830. The van der Waals surface area contributed by atoms with E-state index in [1.807, 2.05) is 30.3 Å². The van der Waals surface area contributed by atoms with Gasteiger partial charge in [0, 0.05) is 23.1 Å². The number of amides is 2. The number of Topliss-reactive ketones (excluding diaryl/α,β-unsaturated/α-hetero) is 1. The zero-order valence-electron chi connectivity index (χ0n) is 20.9. The molecule has 0 spiro atoms. The van der Waals surface area contributed by atoms with Crippen molar-refractivity contribution < 1.29 is 24.0 Å². The summed E-state index contributed by atoms with van der Waals surface area (Å²) in [7, 11) is 0. The summed E-state index contributed by atoms with van der Waals surface area (Å²) in [5, 5.41) is 16.8. The molecule has 10 heteroatoms. The van der Waals surface area contributed by atoms with Gasteiger partial charge in [0.25, 0.3) is 5.69 Å². The van der Waals surface area contributed by atoms with E-state index in [0.717, 1.165) is 5.56 Å². The van der Waals surface area contributed by atoms with Crippen molar-refractivity contribution in [2.24, 2.45) is 0 Å². The highest BCUT2D eigenvalue weighted by Gasteiger charge is 2.27. The molecular formula is C26H32ClN3O6. The minimum absolute atomic E-state index is 0.0309. The van der Waals surface area contributed by atoms with Crippen LogP contribution in [0.4, 0.5) is 10.5 Å². The number of nitro benzene ring substituents is 1. The van der Waals surface area contributed by atoms with E-state index in [1.54, 1.807) is 20.8 Å². The molecule has 0 unspecified atom stereocenters. The predicted octanol–water partition coefficient (Wildman–Crippen LogP) is 4.78. The summed E-state index contributed by atoms with van der Waals surface area (Å²) in [6.07, 6.45) is 0.156. The van der Waals surface area contributed by atoms with Crippen molar-refractivity contribution >= 4 is 35.1 Å². The molecule has 0 heterocycles. The number of rotatable bonds is 11. The van der Waals surface area contributed by atoms with E-state index in [9.17, 15) is 24.5 Å². The molecule has 36 heavy (non-hydrogen) atoms. The Balaban J connectivity index is 2.03. The molecule has 194 valence electrons. The van der Waals surface area contributed by atoms with E-state index in [0.29, 0.717) is 23.4 Å². The Hall–Kier alpha value is -3.46. The molecule has 2 rings (SSSR count). The summed E-state index contributed by atoms with van der Waals surface area (Å²) >= 11 is 5.95. The van der Waals surface area contributed by atoms with Crippen LogP contribution >= 0.6 is 11.6 Å². The monoisotopic (exact) mass is 517 g/mol. The van der Waals surface area contributed by atoms with Crippen LogP contribution in [0.1, 0.15) is 51.7 Å². The zero-order chi connectivity index (χ0) is 26.9. The molecule has 2 atom stereocenters. The number of ether oxygens (including phenoxy) is 1. The molecular weight excluding hydrogens is 486 g/mol. The summed E-state index contributed by atoms with van der Waals surface area (Å²) < 4.78 is 5.29. The van der Waals surface area contributed by atoms with Crippen molar-refractivity contribution in [1.29, 1.82) is 0 Å². The maximum Gasteiger partial charge on any atom is 0.408 e. The average molecular weight is 518 g/mol. The van der Waals surface area contributed by atoms with Crippen LogP contribution in [0.25, 0.3) is 0 Å². The van der Waals surface area contributed by atoms with E-state index in [4.69, 9.17) is 16.3 Å². The van der Waals surface area contributed by atoms with Crippen molar-refractivity contribution in [3.63, 3.8) is 0 Å². The van der Waals surface area contributed by atoms with E-state index < -0.39 is 34.6 Å². The molecule has 0 saturated carbocycles. The fourth-order valence-corrected chi connectivity index (χ4v) is 3.67. The SMILES string of the molecule is C[C@H](NC(=O)[C@@H](CCc1ccccc1)NC(=O)OC(C)(C)C)C(=O)CCc1cc(Cl)ccc1[N+](=O)[O-]. The molecule has 0 radical (unpaired) electrons. The number of aryl methyl sites for hydroxylation is 2. The van der Waals surface area contributed by atoms with E-state index in [1.165, 1.54) is 25.1 Å². The molecule has 0 aliphatic rings. The lowest BCUT2D eigenvalue weighted by molar-refractivity contribution is -0.385. The Kier molecular flexibility index (Phi) is 10.4. The number of nitrogens with zero attached hydrogens (tertiary/aromatic N) is 1. The van der Waals surface area contributed by atoms with Crippen LogP contribution in [0.15, 0.2) is 48.5 Å². The lowest BCUT2D eigenvalue weighted by Gasteiger charge is -2.24. The molecule has 2 aromatic rings. The second-order valence-electron chi connectivity index (χ2n) is 9.45. The molecule has 2 N–H and O–H groups in total. The number of benzene rings is 2. The minimum Gasteiger partial charge on any atom is -0.444 e. The first kappa shape index (κ1) is 28.8. The lowest BCUT2D eigenvalue weighted by atomic mass is 10.0. The standard InChI is InChI=1S/C26H32ClN3O6/c1-17(23(31)15-11-19-16-20(27)12-14-22(19)30(34)35)28-24(32)21(29-25(33)36-26(2,3)4)13-10-18-8-6-5-7-9-18/h5-9,12,14,16-17,21H,10-11,13,15H2,1-4H3,(H,28,32)(H,29,33)/t17-,21+/m0/s1. The first-order valence-corrected chi connectivity index (χ1v) is 12.0. The number of ketones is 1. The van der Waals surface area contributed by atoms with Crippen molar-refractivity contribution in [2.75, 3.05) is 0 Å². The van der Waals surface area contributed by atoms with E-state index >= 15 is 0 Å². The van der Waals surface area contributed by atoms with Gasteiger partial charge >= 0.3 is 6.09 Å². The number of carbonyl (C=O) groups is 3. The van der Waals surface area contributed by atoms with Gasteiger partial charge in [-0.1, -0.05) is 41.9 Å². The Morgan fingerprint density at radius 3 is 2.33 bits per heavy atom. The molecule has 0 fully saturated rings. The van der Waals surface area contributed by atoms with Gasteiger partial charge in [-0.15, -0.1) is 0 Å². The third-order valence-corrected chi connectivity index (χ3v) is 5.53. The number of halogens is 1. The Morgan fingerprint density at radius 1 is 1.06 bits per heavy atom. The number of hydrogen-bond acceptors (Lipinski definition) is 6. The topological polar surface area (TPSA) is 128 Å². The van der Waals surface area contributed by atoms with Crippen LogP contribution in [0, 0.1) is 10.1 Å². The normalized spacial score (nSPS) is 12.8. The molecule has 0 aromatic heterocycles. The Labute approximate surface area is 215 Å². The van der Waals surface area contributed by atoms with Gasteiger partial charge in [-0.2, -0.15) is 0 Å². The van der Waals surface area contributed by atoms with E-state index in [-0.39, 0.29) is 24.3 Å².